The van der Waals surface area contributed by atoms with Gasteiger partial charge in [-0.15, -0.1) is 0 Å². The minimum absolute atomic E-state index is 0.818. The van der Waals surface area contributed by atoms with Gasteiger partial charge in [-0.1, -0.05) is 0 Å². The van der Waals surface area contributed by atoms with Crippen LogP contribution in [0, 0.1) is 0 Å². The number of aliphatic hydroxyl groups excluding tert-OH is 20. The Morgan fingerprint density at radius 1 is 0.244 bits per heavy atom. The molecule has 0 radical (unpaired) electrons. The zero-order valence-electron chi connectivity index (χ0n) is 40.7. The summed E-state index contributed by atoms with van der Waals surface area (Å²) in [5.74, 6) is 5.40. The fraction of sp³-hybridized carbons (Fsp3) is 0.976. The molecule has 21 aliphatic rings. The molecular weight excluding hydrogens is 1080 g/mol. The number of nitrogens with zero attached hydrogens (tertiary/aromatic N) is 1. The molecule has 21 rings (SSSR count). The second kappa shape index (κ2) is 26.4. The lowest BCUT2D eigenvalue weighted by molar-refractivity contribution is -0.396. The second-order valence-corrected chi connectivity index (χ2v) is 19.7. The van der Waals surface area contributed by atoms with Gasteiger partial charge in [-0.25, -0.2) is 0 Å². The summed E-state index contributed by atoms with van der Waals surface area (Å²) in [5.41, 5.74) is 0. The molecule has 452 valence electrons. The van der Waals surface area contributed by atoms with Crippen molar-refractivity contribution in [2.75, 3.05) is 39.6 Å². The minimum Gasteiger partial charge on any atom is -0.394 e. The molecule has 78 heavy (non-hydrogen) atoms. The van der Waals surface area contributed by atoms with E-state index >= 15 is 0 Å². The van der Waals surface area contributed by atoms with E-state index in [1.54, 1.807) is 0 Å². The van der Waals surface area contributed by atoms with Crippen molar-refractivity contribution in [2.24, 2.45) is 10.9 Å². The van der Waals surface area contributed by atoms with Crippen LogP contribution < -0.4 is 5.84 Å². The van der Waals surface area contributed by atoms with Gasteiger partial charge in [-0.3, -0.25) is 0 Å². The summed E-state index contributed by atoms with van der Waals surface area (Å²) < 4.78 is 79.9. The molecule has 36 heteroatoms. The molecule has 0 aromatic heterocycles. The van der Waals surface area contributed by atoms with Crippen molar-refractivity contribution in [1.29, 1.82) is 0 Å². The van der Waals surface area contributed by atoms with Gasteiger partial charge in [-0.05, 0) is 0 Å². The Bertz CT molecular complexity index is 1890. The highest BCUT2D eigenvalue weighted by atomic mass is 16.8. The van der Waals surface area contributed by atoms with E-state index in [0.29, 0.717) is 0 Å². The van der Waals surface area contributed by atoms with E-state index in [4.69, 9.17) is 72.2 Å². The molecule has 21 fully saturated rings. The van der Waals surface area contributed by atoms with Gasteiger partial charge in [0.25, 0.3) is 0 Å². The lowest BCUT2D eigenvalue weighted by Crippen LogP contribution is -2.68. The normalized spacial score (nSPS) is 54.9. The third-order valence-electron chi connectivity index (χ3n) is 14.8. The first-order chi connectivity index (χ1) is 37.2. The number of hydrogen-bond acceptors (Lipinski definition) is 36. The van der Waals surface area contributed by atoms with Crippen molar-refractivity contribution >= 4 is 6.21 Å². The van der Waals surface area contributed by atoms with Crippen LogP contribution in [0.15, 0.2) is 5.10 Å². The number of rotatable bonds is 7. The molecule has 0 aliphatic carbocycles. The summed E-state index contributed by atoms with van der Waals surface area (Å²) in [6.07, 6.45) is -69.3. The molecule has 0 unspecified atom stereocenters. The molecule has 0 spiro atoms. The van der Waals surface area contributed by atoms with E-state index in [-0.39, 0.29) is 0 Å². The number of ether oxygens (including phenoxy) is 14. The van der Waals surface area contributed by atoms with Gasteiger partial charge in [-0.2, -0.15) is 5.10 Å². The van der Waals surface area contributed by atoms with E-state index in [9.17, 15) is 102 Å². The van der Waals surface area contributed by atoms with Gasteiger partial charge in [0.1, 0.15) is 171 Å². The van der Waals surface area contributed by atoms with Crippen LogP contribution >= 0.6 is 0 Å². The van der Waals surface area contributed by atoms with Crippen molar-refractivity contribution in [3.8, 4) is 0 Å². The summed E-state index contributed by atoms with van der Waals surface area (Å²) in [4.78, 5) is 0. The first-order valence-corrected chi connectivity index (χ1v) is 24.7. The van der Waals surface area contributed by atoms with Gasteiger partial charge in [0.15, 0.2) is 44.0 Å². The summed E-state index contributed by atoms with van der Waals surface area (Å²) in [7, 11) is 0. The van der Waals surface area contributed by atoms with Crippen LogP contribution in [0.2, 0.25) is 0 Å². The summed E-state index contributed by atoms with van der Waals surface area (Å²) in [5, 5.41) is 224. The Morgan fingerprint density at radius 2 is 0.410 bits per heavy atom. The van der Waals surface area contributed by atoms with Crippen LogP contribution in [0.1, 0.15) is 0 Å². The number of hydrogen-bond donors (Lipinski definition) is 21. The fourth-order valence-electron chi connectivity index (χ4n) is 10.4. The Kier molecular flexibility index (Phi) is 21.0. The maximum absolute atomic E-state index is 11.4. The van der Waals surface area contributed by atoms with E-state index in [1.807, 2.05) is 0 Å². The van der Waals surface area contributed by atoms with E-state index in [0.717, 1.165) is 6.21 Å². The summed E-state index contributed by atoms with van der Waals surface area (Å²) in [6, 6.07) is 0. The molecule has 0 aromatic rings. The number of hydrazone groups is 1. The summed E-state index contributed by atoms with van der Waals surface area (Å²) in [6.45, 7) is -6.27. The zero-order chi connectivity index (χ0) is 56.8. The average molecular weight is 1150 g/mol. The predicted molar refractivity (Wildman–Crippen MR) is 234 cm³/mol. The van der Waals surface area contributed by atoms with Gasteiger partial charge in [0, 0.05) is 0 Å². The first kappa shape index (κ1) is 62.2. The predicted octanol–water partition coefficient (Wildman–Crippen LogP) is -15.3. The lowest BCUT2D eigenvalue weighted by Gasteiger charge is -2.50. The number of aliphatic hydroxyl groups is 20. The molecule has 0 aromatic carbocycles. The SMILES string of the molecule is N/N=C/[C@H]1O[C@@H]2O[C@H]3[C@H](O)[C@@H](O)[C@@H](O[C@H]4[C@H](O)[C@@H](O)[C@@H](O[C@H]5[C@H](O)[C@@H](O)[C@@H](O[C@H]6[C@H](O)[C@@H](O)[C@@H](O[C@H]7[C@H](O)[C@@H](O)[C@@H](O[C@H]8[C@H](O)[C@@H](O)[C@@H](O[C@H]1[C@H](O)[C@H]2O)O[C@@H]8CO)O[C@@H]7CO)O[C@@H]6CO)O[C@@H]5CO)O[C@@H]4CO)O[C@@H]3CO. The van der Waals surface area contributed by atoms with Crippen molar-refractivity contribution in [3.05, 3.63) is 0 Å². The van der Waals surface area contributed by atoms with Crippen LogP contribution in [0.3, 0.4) is 0 Å². The van der Waals surface area contributed by atoms with Gasteiger partial charge < -0.3 is 174 Å². The van der Waals surface area contributed by atoms with Crippen molar-refractivity contribution < 1.29 is 168 Å². The molecule has 21 saturated heterocycles. The van der Waals surface area contributed by atoms with Crippen molar-refractivity contribution in [2.45, 2.75) is 215 Å². The number of nitrogens with two attached hydrogens (primary N) is 1. The largest absolute Gasteiger partial charge is 0.394 e. The smallest absolute Gasteiger partial charge is 0.187 e. The minimum atomic E-state index is -2.21. The molecule has 35 atom stereocenters. The molecule has 21 heterocycles. The lowest BCUT2D eigenvalue weighted by atomic mass is 9.95. The Labute approximate surface area is 439 Å². The van der Waals surface area contributed by atoms with Crippen LogP contribution in [0.5, 0.6) is 0 Å². The Balaban J connectivity index is 1.08. The Morgan fingerprint density at radius 3 is 0.590 bits per heavy atom. The summed E-state index contributed by atoms with van der Waals surface area (Å²) >= 11 is 0. The zero-order valence-corrected chi connectivity index (χ0v) is 40.7. The standard InChI is InChI=1S/C42H70N2O34/c43-44-1-8-29-15(51)22(58)36(65-8)73-30-9(2-45)67-38(24(60)17(30)53)75-32-11(4-47)69-40(26(62)19(32)55)77-34-13(6-49)71-42(28(64)21(34)57)78-35-14(7-50)70-41(27(63)20(35)56)76-33-12(5-48)68-39(25(61)18(33)54)74-31-10(3-46)66-37(72-29)23(59)16(31)52/h1,8-42,45-64H,2-7,43H2/b44-1+/t8-,9-,10-,11-,12-,13-,14-,15-,16-,17-,18-,19-,20-,21-,22-,23-,24-,25-,26-,27-,28-,29-,30-,31-,32-,33-,34-,35-,36-,37-,38-,39-,40-,41-,42-/m1/s1. The van der Waals surface area contributed by atoms with Gasteiger partial charge in [0.05, 0.1) is 45.9 Å². The monoisotopic (exact) mass is 1150 g/mol. The molecule has 0 saturated carbocycles. The topological polar surface area (TPSA) is 572 Å². The van der Waals surface area contributed by atoms with Crippen LogP contribution in [-0.4, -0.2) is 363 Å². The van der Waals surface area contributed by atoms with Crippen molar-refractivity contribution in [1.82, 2.24) is 0 Å². The maximum Gasteiger partial charge on any atom is 0.187 e. The molecule has 22 N–H and O–H groups in total. The highest BCUT2D eigenvalue weighted by Gasteiger charge is 2.59. The maximum atomic E-state index is 11.4. The van der Waals surface area contributed by atoms with Crippen LogP contribution in [-0.2, 0) is 66.3 Å². The molecule has 0 amide bonds. The third kappa shape index (κ3) is 12.1. The highest BCUT2D eigenvalue weighted by molar-refractivity contribution is 5.64. The van der Waals surface area contributed by atoms with E-state index in [2.05, 4.69) is 5.10 Å². The van der Waals surface area contributed by atoms with Gasteiger partial charge >= 0.3 is 0 Å². The van der Waals surface area contributed by atoms with E-state index < -0.39 is 255 Å². The Hall–Kier alpha value is -1.89. The highest BCUT2D eigenvalue weighted by Crippen LogP contribution is 2.39. The third-order valence-corrected chi connectivity index (χ3v) is 14.8. The molecular formula is C42H70N2O34. The van der Waals surface area contributed by atoms with Crippen molar-refractivity contribution in [3.63, 3.8) is 0 Å². The van der Waals surface area contributed by atoms with Gasteiger partial charge in [0.2, 0.25) is 0 Å². The quantitative estimate of drug-likeness (QED) is 0.0639. The first-order valence-electron chi connectivity index (χ1n) is 24.7. The van der Waals surface area contributed by atoms with E-state index in [1.165, 1.54) is 0 Å². The molecule has 21 aliphatic heterocycles. The molecule has 36 nitrogen and oxygen atoms in total. The fourth-order valence-corrected chi connectivity index (χ4v) is 10.4. The average Bonchev–Trinajstić information content (AvgIpc) is 3.43. The van der Waals surface area contributed by atoms with Crippen LogP contribution in [0.4, 0.5) is 0 Å². The molecule has 14 bridgehead atoms. The van der Waals surface area contributed by atoms with Crippen LogP contribution in [0.25, 0.3) is 0 Å². The second-order valence-electron chi connectivity index (χ2n) is 19.7.